The van der Waals surface area contributed by atoms with Gasteiger partial charge in [-0.1, -0.05) is 19.3 Å². The number of piperidine rings is 1. The monoisotopic (exact) mass is 235 g/mol. The highest BCUT2D eigenvalue weighted by Crippen LogP contribution is 2.40. The molecule has 2 aliphatic rings. The van der Waals surface area contributed by atoms with Crippen LogP contribution in [0.25, 0.3) is 0 Å². The van der Waals surface area contributed by atoms with Gasteiger partial charge in [-0.15, -0.1) is 11.8 Å². The van der Waals surface area contributed by atoms with Crippen LogP contribution in [-0.2, 0) is 0 Å². The normalized spacial score (nSPS) is 26.2. The summed E-state index contributed by atoms with van der Waals surface area (Å²) in [6, 6.07) is 0. The van der Waals surface area contributed by atoms with E-state index >= 15 is 0 Å². The zero-order valence-electron chi connectivity index (χ0n) is 11.0. The Bertz CT molecular complexity index is 290. The summed E-state index contributed by atoms with van der Waals surface area (Å²) in [6.45, 7) is 4.21. The highest BCUT2D eigenvalue weighted by molar-refractivity contribution is 5.07. The molecule has 2 nitrogen and oxygen atoms in total. The first-order valence-electron chi connectivity index (χ1n) is 7.12. The average Bonchev–Trinajstić information content (AvgIpc) is 2.87. The molecule has 1 heterocycles. The van der Waals surface area contributed by atoms with Gasteiger partial charge in [-0.2, -0.15) is 0 Å². The average molecular weight is 235 g/mol. The van der Waals surface area contributed by atoms with Crippen LogP contribution in [-0.4, -0.2) is 34.7 Å². The molecule has 17 heavy (non-hydrogen) atoms. The molecule has 0 radical (unpaired) electrons. The SMILES string of the molecule is CC#CCC(O)C1(N2CCCCC2)CCCC1. The van der Waals surface area contributed by atoms with Crippen molar-refractivity contribution >= 4 is 0 Å². The molecule has 2 rings (SSSR count). The Kier molecular flexibility index (Phi) is 4.48. The van der Waals surface area contributed by atoms with Crippen LogP contribution in [0, 0.1) is 11.8 Å². The topological polar surface area (TPSA) is 23.5 Å². The van der Waals surface area contributed by atoms with Gasteiger partial charge in [-0.05, 0) is 45.7 Å². The van der Waals surface area contributed by atoms with E-state index < -0.39 is 0 Å². The van der Waals surface area contributed by atoms with Gasteiger partial charge in [0.15, 0.2) is 0 Å². The van der Waals surface area contributed by atoms with Crippen LogP contribution in [0.1, 0.15) is 58.3 Å². The first-order valence-corrected chi connectivity index (χ1v) is 7.12. The molecule has 1 aliphatic heterocycles. The number of hydrogen-bond acceptors (Lipinski definition) is 2. The molecular formula is C15H25NO. The molecular weight excluding hydrogens is 210 g/mol. The Hall–Kier alpha value is -0.520. The molecule has 0 aromatic carbocycles. The van der Waals surface area contributed by atoms with Crippen LogP contribution in [0.3, 0.4) is 0 Å². The Balaban J connectivity index is 2.09. The number of likely N-dealkylation sites (tertiary alicyclic amines) is 1. The number of rotatable bonds is 3. The molecule has 96 valence electrons. The lowest BCUT2D eigenvalue weighted by molar-refractivity contribution is -0.0359. The molecule has 1 unspecified atom stereocenters. The van der Waals surface area contributed by atoms with Gasteiger partial charge in [0.1, 0.15) is 0 Å². The third-order valence-corrected chi connectivity index (χ3v) is 4.55. The van der Waals surface area contributed by atoms with Crippen LogP contribution in [0.15, 0.2) is 0 Å². The maximum atomic E-state index is 10.5. The van der Waals surface area contributed by atoms with E-state index in [-0.39, 0.29) is 11.6 Å². The van der Waals surface area contributed by atoms with E-state index in [1.165, 1.54) is 58.0 Å². The minimum atomic E-state index is -0.254. The summed E-state index contributed by atoms with van der Waals surface area (Å²) in [7, 11) is 0. The number of aliphatic hydroxyl groups excluding tert-OH is 1. The largest absolute Gasteiger partial charge is 0.390 e. The molecule has 0 aromatic heterocycles. The molecule has 0 aromatic rings. The first kappa shape index (κ1) is 12.9. The van der Waals surface area contributed by atoms with Crippen molar-refractivity contribution in [3.63, 3.8) is 0 Å². The van der Waals surface area contributed by atoms with Gasteiger partial charge in [0.25, 0.3) is 0 Å². The first-order chi connectivity index (χ1) is 8.29. The smallest absolute Gasteiger partial charge is 0.0832 e. The highest BCUT2D eigenvalue weighted by atomic mass is 16.3. The van der Waals surface area contributed by atoms with Crippen LogP contribution >= 0.6 is 0 Å². The quantitative estimate of drug-likeness (QED) is 0.760. The fourth-order valence-electron chi connectivity index (χ4n) is 3.58. The summed E-state index contributed by atoms with van der Waals surface area (Å²) >= 11 is 0. The third-order valence-electron chi connectivity index (χ3n) is 4.55. The van der Waals surface area contributed by atoms with Crippen molar-refractivity contribution in [1.82, 2.24) is 4.90 Å². The van der Waals surface area contributed by atoms with Gasteiger partial charge in [0.2, 0.25) is 0 Å². The van der Waals surface area contributed by atoms with Crippen LogP contribution in [0.5, 0.6) is 0 Å². The summed E-state index contributed by atoms with van der Waals surface area (Å²) < 4.78 is 0. The molecule has 1 atom stereocenters. The van der Waals surface area contributed by atoms with E-state index in [0.717, 1.165) is 0 Å². The molecule has 0 bridgehead atoms. The van der Waals surface area contributed by atoms with Gasteiger partial charge < -0.3 is 5.11 Å². The maximum absolute atomic E-state index is 10.5. The van der Waals surface area contributed by atoms with E-state index in [4.69, 9.17) is 0 Å². The van der Waals surface area contributed by atoms with E-state index in [9.17, 15) is 5.11 Å². The summed E-state index contributed by atoms with van der Waals surface area (Å²) in [5, 5.41) is 10.5. The molecule has 1 aliphatic carbocycles. The molecule has 2 fully saturated rings. The lowest BCUT2D eigenvalue weighted by Crippen LogP contribution is -2.56. The van der Waals surface area contributed by atoms with Crippen molar-refractivity contribution in [3.8, 4) is 11.8 Å². The van der Waals surface area contributed by atoms with Crippen LogP contribution < -0.4 is 0 Å². The summed E-state index contributed by atoms with van der Waals surface area (Å²) in [6.07, 6.45) is 9.22. The Morgan fingerprint density at radius 1 is 1.12 bits per heavy atom. The molecule has 1 saturated heterocycles. The van der Waals surface area contributed by atoms with Crippen molar-refractivity contribution < 1.29 is 5.11 Å². The predicted molar refractivity (Wildman–Crippen MR) is 70.7 cm³/mol. The highest BCUT2D eigenvalue weighted by Gasteiger charge is 2.45. The minimum Gasteiger partial charge on any atom is -0.390 e. The maximum Gasteiger partial charge on any atom is 0.0832 e. The van der Waals surface area contributed by atoms with Crippen molar-refractivity contribution in [2.75, 3.05) is 13.1 Å². The van der Waals surface area contributed by atoms with Crippen molar-refractivity contribution in [2.45, 2.75) is 69.9 Å². The standard InChI is InChI=1S/C15H25NO/c1-2-3-9-14(17)15(10-5-6-11-15)16-12-7-4-8-13-16/h14,17H,4-13H2,1H3. The van der Waals surface area contributed by atoms with Crippen molar-refractivity contribution in [2.24, 2.45) is 0 Å². The Morgan fingerprint density at radius 3 is 2.35 bits per heavy atom. The second kappa shape index (κ2) is 5.89. The lowest BCUT2D eigenvalue weighted by atomic mass is 9.85. The van der Waals surface area contributed by atoms with Crippen molar-refractivity contribution in [3.05, 3.63) is 0 Å². The molecule has 0 spiro atoms. The zero-order valence-corrected chi connectivity index (χ0v) is 11.0. The Morgan fingerprint density at radius 2 is 1.76 bits per heavy atom. The second-order valence-corrected chi connectivity index (χ2v) is 5.51. The fourth-order valence-corrected chi connectivity index (χ4v) is 3.58. The molecule has 1 N–H and O–H groups in total. The fraction of sp³-hybridized carbons (Fsp3) is 0.867. The van der Waals surface area contributed by atoms with E-state index in [2.05, 4.69) is 16.7 Å². The number of hydrogen-bond donors (Lipinski definition) is 1. The molecule has 0 amide bonds. The summed E-state index contributed by atoms with van der Waals surface area (Å²) in [5.74, 6) is 5.98. The predicted octanol–water partition coefficient (Wildman–Crippen LogP) is 2.56. The summed E-state index contributed by atoms with van der Waals surface area (Å²) in [5.41, 5.74) is 0.0598. The Labute approximate surface area is 105 Å². The van der Waals surface area contributed by atoms with E-state index in [1.807, 2.05) is 6.92 Å². The second-order valence-electron chi connectivity index (χ2n) is 5.51. The summed E-state index contributed by atoms with van der Waals surface area (Å²) in [4.78, 5) is 2.57. The van der Waals surface area contributed by atoms with Crippen LogP contribution in [0.2, 0.25) is 0 Å². The van der Waals surface area contributed by atoms with Gasteiger partial charge in [-0.3, -0.25) is 4.90 Å². The van der Waals surface area contributed by atoms with Gasteiger partial charge in [0.05, 0.1) is 6.10 Å². The number of nitrogens with zero attached hydrogens (tertiary/aromatic N) is 1. The minimum absolute atomic E-state index is 0.0598. The molecule has 2 heteroatoms. The van der Waals surface area contributed by atoms with Gasteiger partial charge in [0, 0.05) is 12.0 Å². The van der Waals surface area contributed by atoms with E-state index in [1.54, 1.807) is 0 Å². The van der Waals surface area contributed by atoms with Gasteiger partial charge in [-0.25, -0.2) is 0 Å². The zero-order chi connectivity index (χ0) is 12.1. The number of aliphatic hydroxyl groups is 1. The van der Waals surface area contributed by atoms with E-state index in [0.29, 0.717) is 6.42 Å². The van der Waals surface area contributed by atoms with Gasteiger partial charge >= 0.3 is 0 Å². The van der Waals surface area contributed by atoms with Crippen LogP contribution in [0.4, 0.5) is 0 Å². The van der Waals surface area contributed by atoms with Crippen molar-refractivity contribution in [1.29, 1.82) is 0 Å². The lowest BCUT2D eigenvalue weighted by Gasteiger charge is -2.46. The molecule has 1 saturated carbocycles. The third kappa shape index (κ3) is 2.67.